The molecule has 2 aromatic rings. The standard InChI is InChI=1S/C14H13NOS/c1-9-2-4-10(5-3-9)13-8-11-12(17-13)6-7-15-14(11)16/h2-5,8H,6-7H2,1H3,(H,15,16). The fourth-order valence-electron chi connectivity index (χ4n) is 2.05. The molecule has 0 radical (unpaired) electrons. The Morgan fingerprint density at radius 2 is 2.00 bits per heavy atom. The Balaban J connectivity index is 2.05. The fourth-order valence-corrected chi connectivity index (χ4v) is 3.21. The van der Waals surface area contributed by atoms with Crippen molar-refractivity contribution in [1.29, 1.82) is 0 Å². The van der Waals surface area contributed by atoms with Crippen molar-refractivity contribution < 1.29 is 4.79 Å². The fraction of sp³-hybridized carbons (Fsp3) is 0.214. The van der Waals surface area contributed by atoms with E-state index in [-0.39, 0.29) is 5.91 Å². The minimum absolute atomic E-state index is 0.0702. The number of benzene rings is 1. The average Bonchev–Trinajstić information content (AvgIpc) is 2.75. The Morgan fingerprint density at radius 1 is 1.24 bits per heavy atom. The van der Waals surface area contributed by atoms with Gasteiger partial charge in [-0.2, -0.15) is 0 Å². The smallest absolute Gasteiger partial charge is 0.252 e. The highest BCUT2D eigenvalue weighted by Gasteiger charge is 2.20. The Morgan fingerprint density at radius 3 is 2.71 bits per heavy atom. The molecule has 1 N–H and O–H groups in total. The van der Waals surface area contributed by atoms with E-state index >= 15 is 0 Å². The quantitative estimate of drug-likeness (QED) is 0.819. The SMILES string of the molecule is Cc1ccc(-c2cc3c(s2)CCNC3=O)cc1. The number of hydrogen-bond acceptors (Lipinski definition) is 2. The Labute approximate surface area is 104 Å². The van der Waals surface area contributed by atoms with Crippen molar-refractivity contribution in [2.45, 2.75) is 13.3 Å². The minimum atomic E-state index is 0.0702. The molecule has 1 aromatic carbocycles. The van der Waals surface area contributed by atoms with E-state index in [1.54, 1.807) is 11.3 Å². The van der Waals surface area contributed by atoms with Crippen LogP contribution >= 0.6 is 11.3 Å². The zero-order valence-electron chi connectivity index (χ0n) is 9.62. The molecule has 17 heavy (non-hydrogen) atoms. The van der Waals surface area contributed by atoms with Gasteiger partial charge in [0.1, 0.15) is 0 Å². The van der Waals surface area contributed by atoms with Crippen LogP contribution in [0.1, 0.15) is 20.8 Å². The van der Waals surface area contributed by atoms with Gasteiger partial charge < -0.3 is 5.32 Å². The predicted molar refractivity (Wildman–Crippen MR) is 70.5 cm³/mol. The molecule has 86 valence electrons. The van der Waals surface area contributed by atoms with Crippen molar-refractivity contribution >= 4 is 17.2 Å². The zero-order valence-corrected chi connectivity index (χ0v) is 10.4. The molecular formula is C14H13NOS. The van der Waals surface area contributed by atoms with Gasteiger partial charge >= 0.3 is 0 Å². The minimum Gasteiger partial charge on any atom is -0.352 e. The molecule has 3 rings (SSSR count). The lowest BCUT2D eigenvalue weighted by atomic mass is 10.1. The second-order valence-electron chi connectivity index (χ2n) is 4.32. The van der Waals surface area contributed by atoms with Crippen molar-refractivity contribution in [1.82, 2.24) is 5.32 Å². The van der Waals surface area contributed by atoms with Crippen molar-refractivity contribution in [3.8, 4) is 10.4 Å². The highest BCUT2D eigenvalue weighted by atomic mass is 32.1. The molecule has 0 fully saturated rings. The van der Waals surface area contributed by atoms with Gasteiger partial charge in [-0.3, -0.25) is 4.79 Å². The first-order valence-corrected chi connectivity index (χ1v) is 6.53. The van der Waals surface area contributed by atoms with E-state index in [9.17, 15) is 4.79 Å². The monoisotopic (exact) mass is 243 g/mol. The molecule has 0 bridgehead atoms. The summed E-state index contributed by atoms with van der Waals surface area (Å²) in [5.74, 6) is 0.0702. The van der Waals surface area contributed by atoms with Crippen LogP contribution in [0.2, 0.25) is 0 Å². The van der Waals surface area contributed by atoms with Gasteiger partial charge in [0, 0.05) is 16.3 Å². The summed E-state index contributed by atoms with van der Waals surface area (Å²) in [6, 6.07) is 10.5. The maximum Gasteiger partial charge on any atom is 0.252 e. The molecule has 0 aliphatic carbocycles. The first kappa shape index (κ1) is 10.5. The lowest BCUT2D eigenvalue weighted by Crippen LogP contribution is -2.30. The molecular weight excluding hydrogens is 230 g/mol. The summed E-state index contributed by atoms with van der Waals surface area (Å²) in [6.07, 6.45) is 0.956. The van der Waals surface area contributed by atoms with E-state index in [4.69, 9.17) is 0 Å². The highest BCUT2D eigenvalue weighted by Crippen LogP contribution is 2.33. The number of fused-ring (bicyclic) bond motifs is 1. The van der Waals surface area contributed by atoms with Gasteiger partial charge in [0.15, 0.2) is 0 Å². The molecule has 0 unspecified atom stereocenters. The number of amides is 1. The maximum atomic E-state index is 11.7. The summed E-state index contributed by atoms with van der Waals surface area (Å²) >= 11 is 1.74. The molecule has 1 aliphatic rings. The van der Waals surface area contributed by atoms with Crippen LogP contribution in [0.25, 0.3) is 10.4 Å². The number of rotatable bonds is 1. The van der Waals surface area contributed by atoms with Gasteiger partial charge in [0.2, 0.25) is 0 Å². The normalized spacial score (nSPS) is 14.3. The predicted octanol–water partition coefficient (Wildman–Crippen LogP) is 3.01. The number of aryl methyl sites for hydroxylation is 1. The molecule has 3 heteroatoms. The number of nitrogens with one attached hydrogen (secondary N) is 1. The van der Waals surface area contributed by atoms with Crippen molar-refractivity contribution in [3.63, 3.8) is 0 Å². The summed E-state index contributed by atoms with van der Waals surface area (Å²) < 4.78 is 0. The van der Waals surface area contributed by atoms with Crippen LogP contribution in [0, 0.1) is 6.92 Å². The maximum absolute atomic E-state index is 11.7. The molecule has 0 spiro atoms. The van der Waals surface area contributed by atoms with Crippen LogP contribution in [0.3, 0.4) is 0 Å². The average molecular weight is 243 g/mol. The summed E-state index contributed by atoms with van der Waals surface area (Å²) in [6.45, 7) is 2.84. The van der Waals surface area contributed by atoms with Crippen LogP contribution in [0.5, 0.6) is 0 Å². The summed E-state index contributed by atoms with van der Waals surface area (Å²) in [4.78, 5) is 14.1. The first-order valence-electron chi connectivity index (χ1n) is 5.72. The lowest BCUT2D eigenvalue weighted by Gasteiger charge is -2.10. The van der Waals surface area contributed by atoms with Gasteiger partial charge in [0.05, 0.1) is 5.56 Å². The number of hydrogen-bond donors (Lipinski definition) is 1. The Kier molecular flexibility index (Phi) is 2.48. The summed E-state index contributed by atoms with van der Waals surface area (Å²) in [5.41, 5.74) is 3.31. The van der Waals surface area contributed by atoms with E-state index in [2.05, 4.69) is 36.5 Å². The van der Waals surface area contributed by atoms with Crippen molar-refractivity contribution in [2.75, 3.05) is 6.54 Å². The third-order valence-electron chi connectivity index (χ3n) is 3.03. The Bertz CT molecular complexity index is 568. The summed E-state index contributed by atoms with van der Waals surface area (Å²) in [5, 5.41) is 2.88. The number of carbonyl (C=O) groups is 1. The van der Waals surface area contributed by atoms with Crippen LogP contribution in [0.4, 0.5) is 0 Å². The summed E-state index contributed by atoms with van der Waals surface area (Å²) in [7, 11) is 0. The van der Waals surface area contributed by atoms with E-state index in [0.29, 0.717) is 0 Å². The first-order chi connectivity index (χ1) is 8.24. The largest absolute Gasteiger partial charge is 0.352 e. The van der Waals surface area contributed by atoms with Crippen LogP contribution in [0.15, 0.2) is 30.3 Å². The zero-order chi connectivity index (χ0) is 11.8. The van der Waals surface area contributed by atoms with E-state index < -0.39 is 0 Å². The van der Waals surface area contributed by atoms with Crippen LogP contribution in [-0.4, -0.2) is 12.5 Å². The van der Waals surface area contributed by atoms with Crippen LogP contribution < -0.4 is 5.32 Å². The van der Waals surface area contributed by atoms with Gasteiger partial charge in [-0.1, -0.05) is 29.8 Å². The van der Waals surface area contributed by atoms with Crippen LogP contribution in [-0.2, 0) is 6.42 Å². The van der Waals surface area contributed by atoms with E-state index in [1.165, 1.54) is 20.9 Å². The lowest BCUT2D eigenvalue weighted by molar-refractivity contribution is 0.0947. The molecule has 1 amide bonds. The molecule has 2 nitrogen and oxygen atoms in total. The molecule has 0 saturated heterocycles. The van der Waals surface area contributed by atoms with Crippen molar-refractivity contribution in [3.05, 3.63) is 46.3 Å². The van der Waals surface area contributed by atoms with Gasteiger partial charge in [-0.15, -0.1) is 11.3 Å². The third kappa shape index (κ3) is 1.87. The second kappa shape index (κ2) is 4.00. The molecule has 0 atom stereocenters. The van der Waals surface area contributed by atoms with E-state index in [0.717, 1.165) is 18.5 Å². The van der Waals surface area contributed by atoms with E-state index in [1.807, 2.05) is 6.07 Å². The topological polar surface area (TPSA) is 29.1 Å². The molecule has 1 aliphatic heterocycles. The van der Waals surface area contributed by atoms with Gasteiger partial charge in [0.25, 0.3) is 5.91 Å². The second-order valence-corrected chi connectivity index (χ2v) is 5.46. The number of carbonyl (C=O) groups excluding carboxylic acids is 1. The number of thiophene rings is 1. The molecule has 0 saturated carbocycles. The molecule has 2 heterocycles. The van der Waals surface area contributed by atoms with Gasteiger partial charge in [-0.05, 0) is 25.0 Å². The van der Waals surface area contributed by atoms with Gasteiger partial charge in [-0.25, -0.2) is 0 Å². The highest BCUT2D eigenvalue weighted by molar-refractivity contribution is 7.15. The Hall–Kier alpha value is -1.61. The third-order valence-corrected chi connectivity index (χ3v) is 4.27. The molecule has 1 aromatic heterocycles. The van der Waals surface area contributed by atoms with Crippen molar-refractivity contribution in [2.24, 2.45) is 0 Å².